The predicted molar refractivity (Wildman–Crippen MR) is 49.2 cm³/mol. The Morgan fingerprint density at radius 1 is 1.42 bits per heavy atom. The van der Waals surface area contributed by atoms with Gasteiger partial charge in [0.05, 0.1) is 6.54 Å². The van der Waals surface area contributed by atoms with Crippen molar-refractivity contribution in [2.24, 2.45) is 5.92 Å². The summed E-state index contributed by atoms with van der Waals surface area (Å²) in [5, 5.41) is 8.53. The summed E-state index contributed by atoms with van der Waals surface area (Å²) in [4.78, 5) is 12.2. The second-order valence-corrected chi connectivity index (χ2v) is 3.79. The molecule has 72 valence electrons. The van der Waals surface area contributed by atoms with Crippen molar-refractivity contribution in [2.75, 3.05) is 13.6 Å². The van der Waals surface area contributed by atoms with Crippen LogP contribution in [-0.2, 0) is 4.79 Å². The molecule has 0 rings (SSSR count). The van der Waals surface area contributed by atoms with Crippen LogP contribution in [0.25, 0.3) is 0 Å². The molecule has 0 aliphatic rings. The molecule has 0 aliphatic carbocycles. The van der Waals surface area contributed by atoms with Gasteiger partial charge in [-0.1, -0.05) is 13.8 Å². The summed E-state index contributed by atoms with van der Waals surface area (Å²) >= 11 is 0. The highest BCUT2D eigenvalue weighted by atomic mass is 16.4. The Kier molecular flexibility index (Phi) is 4.90. The molecule has 0 aromatic rings. The van der Waals surface area contributed by atoms with Crippen molar-refractivity contribution in [3.63, 3.8) is 0 Å². The van der Waals surface area contributed by atoms with Gasteiger partial charge in [0.1, 0.15) is 0 Å². The molecule has 1 atom stereocenters. The lowest BCUT2D eigenvalue weighted by Gasteiger charge is -2.24. The Bertz CT molecular complexity index is 145. The van der Waals surface area contributed by atoms with Crippen LogP contribution >= 0.6 is 0 Å². The maximum absolute atomic E-state index is 10.4. The van der Waals surface area contributed by atoms with Crippen molar-refractivity contribution in [2.45, 2.75) is 33.2 Å². The van der Waals surface area contributed by atoms with Crippen LogP contribution in [0, 0.1) is 5.92 Å². The molecular formula is C9H19NO2. The molecule has 0 fully saturated rings. The van der Waals surface area contributed by atoms with Gasteiger partial charge in [0.25, 0.3) is 0 Å². The highest BCUT2D eigenvalue weighted by molar-refractivity contribution is 5.69. The first-order chi connectivity index (χ1) is 5.43. The van der Waals surface area contributed by atoms with Gasteiger partial charge in [-0.25, -0.2) is 0 Å². The Balaban J connectivity index is 3.76. The van der Waals surface area contributed by atoms with E-state index in [1.54, 1.807) is 0 Å². The lowest BCUT2D eigenvalue weighted by molar-refractivity contribution is -0.138. The van der Waals surface area contributed by atoms with Crippen molar-refractivity contribution in [1.29, 1.82) is 0 Å². The third kappa shape index (κ3) is 5.13. The summed E-state index contributed by atoms with van der Waals surface area (Å²) in [5.41, 5.74) is 0. The minimum Gasteiger partial charge on any atom is -0.480 e. The first-order valence-corrected chi connectivity index (χ1v) is 4.35. The number of likely N-dealkylation sites (N-methyl/N-ethyl adjacent to an activating group) is 1. The largest absolute Gasteiger partial charge is 0.480 e. The predicted octanol–water partition coefficient (Wildman–Crippen LogP) is 1.44. The first kappa shape index (κ1) is 11.4. The van der Waals surface area contributed by atoms with Crippen molar-refractivity contribution in [1.82, 2.24) is 4.90 Å². The number of aliphatic carboxylic acids is 1. The summed E-state index contributed by atoms with van der Waals surface area (Å²) in [6.45, 7) is 6.48. The molecule has 3 heteroatoms. The minimum atomic E-state index is -0.756. The van der Waals surface area contributed by atoms with Gasteiger partial charge in [-0.05, 0) is 26.3 Å². The third-order valence-electron chi connectivity index (χ3n) is 1.95. The minimum absolute atomic E-state index is 0.133. The van der Waals surface area contributed by atoms with E-state index in [9.17, 15) is 4.79 Å². The topological polar surface area (TPSA) is 40.5 Å². The Morgan fingerprint density at radius 2 is 1.92 bits per heavy atom. The van der Waals surface area contributed by atoms with Crippen LogP contribution in [0.5, 0.6) is 0 Å². The summed E-state index contributed by atoms with van der Waals surface area (Å²) in [6, 6.07) is 0.348. The first-order valence-electron chi connectivity index (χ1n) is 4.35. The van der Waals surface area contributed by atoms with Gasteiger partial charge in [-0.2, -0.15) is 0 Å². The molecule has 0 aliphatic heterocycles. The van der Waals surface area contributed by atoms with E-state index in [-0.39, 0.29) is 6.54 Å². The van der Waals surface area contributed by atoms with Crippen LogP contribution in [-0.4, -0.2) is 35.6 Å². The fraction of sp³-hybridized carbons (Fsp3) is 0.889. The van der Waals surface area contributed by atoms with Crippen LogP contribution < -0.4 is 0 Å². The molecule has 1 N–H and O–H groups in total. The summed E-state index contributed by atoms with van der Waals surface area (Å²) in [7, 11) is 1.85. The van der Waals surface area contributed by atoms with Gasteiger partial charge in [-0.3, -0.25) is 9.69 Å². The highest BCUT2D eigenvalue weighted by Crippen LogP contribution is 2.08. The Labute approximate surface area is 74.4 Å². The van der Waals surface area contributed by atoms with Gasteiger partial charge in [0, 0.05) is 6.04 Å². The molecule has 1 unspecified atom stereocenters. The number of nitrogens with zero attached hydrogens (tertiary/aromatic N) is 1. The third-order valence-corrected chi connectivity index (χ3v) is 1.95. The van der Waals surface area contributed by atoms with E-state index in [0.717, 1.165) is 6.42 Å². The van der Waals surface area contributed by atoms with E-state index in [2.05, 4.69) is 20.8 Å². The van der Waals surface area contributed by atoms with Gasteiger partial charge in [-0.15, -0.1) is 0 Å². The number of carboxylic acid groups (broad SMARTS) is 1. The molecule has 0 spiro atoms. The Hall–Kier alpha value is -0.570. The zero-order chi connectivity index (χ0) is 9.72. The fourth-order valence-corrected chi connectivity index (χ4v) is 1.23. The standard InChI is InChI=1S/C9H19NO2/c1-7(2)5-8(3)10(4)6-9(11)12/h7-8H,5-6H2,1-4H3,(H,11,12). The maximum atomic E-state index is 10.4. The summed E-state index contributed by atoms with van der Waals surface area (Å²) < 4.78 is 0. The zero-order valence-corrected chi connectivity index (χ0v) is 8.37. The lowest BCUT2D eigenvalue weighted by atomic mass is 10.0. The zero-order valence-electron chi connectivity index (χ0n) is 8.37. The molecule has 12 heavy (non-hydrogen) atoms. The van der Waals surface area contributed by atoms with E-state index in [1.807, 2.05) is 11.9 Å². The highest BCUT2D eigenvalue weighted by Gasteiger charge is 2.12. The maximum Gasteiger partial charge on any atom is 0.317 e. The van der Waals surface area contributed by atoms with Crippen LogP contribution in [0.4, 0.5) is 0 Å². The number of rotatable bonds is 5. The number of carbonyl (C=O) groups is 1. The molecule has 0 amide bonds. The second-order valence-electron chi connectivity index (χ2n) is 3.79. The number of hydrogen-bond donors (Lipinski definition) is 1. The molecular weight excluding hydrogens is 154 g/mol. The number of carboxylic acids is 1. The molecule has 0 saturated heterocycles. The van der Waals surface area contributed by atoms with Crippen molar-refractivity contribution >= 4 is 5.97 Å². The summed E-state index contributed by atoms with van der Waals surface area (Å²) in [5.74, 6) is -0.135. The van der Waals surface area contributed by atoms with Crippen LogP contribution in [0.3, 0.4) is 0 Å². The average molecular weight is 173 g/mol. The van der Waals surface area contributed by atoms with E-state index >= 15 is 0 Å². The molecule has 0 aromatic carbocycles. The molecule has 0 radical (unpaired) electrons. The lowest BCUT2D eigenvalue weighted by Crippen LogP contribution is -2.34. The van der Waals surface area contributed by atoms with Gasteiger partial charge >= 0.3 is 5.97 Å². The van der Waals surface area contributed by atoms with Crippen molar-refractivity contribution in [3.05, 3.63) is 0 Å². The smallest absolute Gasteiger partial charge is 0.317 e. The van der Waals surface area contributed by atoms with Gasteiger partial charge in [0.2, 0.25) is 0 Å². The molecule has 0 bridgehead atoms. The molecule has 0 heterocycles. The van der Waals surface area contributed by atoms with E-state index < -0.39 is 5.97 Å². The van der Waals surface area contributed by atoms with E-state index in [4.69, 9.17) is 5.11 Å². The van der Waals surface area contributed by atoms with E-state index in [1.165, 1.54) is 0 Å². The average Bonchev–Trinajstić information content (AvgIpc) is 1.84. The van der Waals surface area contributed by atoms with Crippen molar-refractivity contribution < 1.29 is 9.90 Å². The molecule has 0 aromatic heterocycles. The van der Waals surface area contributed by atoms with Gasteiger partial charge in [0.15, 0.2) is 0 Å². The quantitative estimate of drug-likeness (QED) is 0.684. The van der Waals surface area contributed by atoms with Gasteiger partial charge < -0.3 is 5.11 Å². The SMILES string of the molecule is CC(C)CC(C)N(C)CC(=O)O. The molecule has 0 saturated carbocycles. The molecule has 3 nitrogen and oxygen atoms in total. The van der Waals surface area contributed by atoms with Crippen LogP contribution in [0.15, 0.2) is 0 Å². The normalized spacial score (nSPS) is 13.8. The fourth-order valence-electron chi connectivity index (χ4n) is 1.23. The monoisotopic (exact) mass is 173 g/mol. The number of hydrogen-bond acceptors (Lipinski definition) is 2. The Morgan fingerprint density at radius 3 is 2.25 bits per heavy atom. The van der Waals surface area contributed by atoms with Crippen LogP contribution in [0.1, 0.15) is 27.2 Å². The van der Waals surface area contributed by atoms with Crippen LogP contribution in [0.2, 0.25) is 0 Å². The summed E-state index contributed by atoms with van der Waals surface area (Å²) in [6.07, 6.45) is 1.05. The second kappa shape index (κ2) is 5.14. The van der Waals surface area contributed by atoms with E-state index in [0.29, 0.717) is 12.0 Å². The van der Waals surface area contributed by atoms with Crippen molar-refractivity contribution in [3.8, 4) is 0 Å².